The second-order valence-electron chi connectivity index (χ2n) is 9.58. The van der Waals surface area contributed by atoms with Gasteiger partial charge in [0.05, 0.1) is 18.1 Å². The van der Waals surface area contributed by atoms with E-state index >= 15 is 0 Å². The molecule has 1 aromatic carbocycles. The summed E-state index contributed by atoms with van der Waals surface area (Å²) in [6, 6.07) is 7.18. The Morgan fingerprint density at radius 3 is 2.62 bits per heavy atom. The van der Waals surface area contributed by atoms with Crippen molar-refractivity contribution in [2.45, 2.75) is 38.8 Å². The number of nitrogens with zero attached hydrogens (tertiary/aromatic N) is 7. The summed E-state index contributed by atoms with van der Waals surface area (Å²) in [5, 5.41) is 10.4. The number of primary amides is 1. The number of piperidine rings is 1. The molecule has 200 valence electrons. The van der Waals surface area contributed by atoms with Gasteiger partial charge in [-0.3, -0.25) is 14.3 Å². The van der Waals surface area contributed by atoms with Gasteiger partial charge in [0.25, 0.3) is 11.8 Å². The highest BCUT2D eigenvalue weighted by Crippen LogP contribution is 2.27. The summed E-state index contributed by atoms with van der Waals surface area (Å²) < 4.78 is 1.63. The Morgan fingerprint density at radius 1 is 1.13 bits per heavy atom. The molecule has 1 aliphatic heterocycles. The van der Waals surface area contributed by atoms with Gasteiger partial charge in [0.2, 0.25) is 0 Å². The summed E-state index contributed by atoms with van der Waals surface area (Å²) in [5.74, 6) is 0.633. The van der Waals surface area contributed by atoms with Gasteiger partial charge in [-0.05, 0) is 50.5 Å². The first-order valence-electron chi connectivity index (χ1n) is 12.7. The Balaban J connectivity index is 1.33. The van der Waals surface area contributed by atoms with E-state index in [9.17, 15) is 9.59 Å². The molecule has 0 aliphatic carbocycles. The normalized spacial score (nSPS) is 17.1. The minimum atomic E-state index is -0.683. The molecule has 0 bridgehead atoms. The summed E-state index contributed by atoms with van der Waals surface area (Å²) in [5.41, 5.74) is 8.55. The number of hydrogen-bond acceptors (Lipinski definition) is 9. The first kappa shape index (κ1) is 25.8. The summed E-state index contributed by atoms with van der Waals surface area (Å²) in [7, 11) is 1.79. The fraction of sp³-hybridized carbons (Fsp3) is 0.296. The van der Waals surface area contributed by atoms with E-state index in [1.54, 1.807) is 48.8 Å². The van der Waals surface area contributed by atoms with Gasteiger partial charge >= 0.3 is 0 Å². The highest BCUT2D eigenvalue weighted by Gasteiger charge is 2.31. The highest BCUT2D eigenvalue weighted by molar-refractivity contribution is 5.97. The van der Waals surface area contributed by atoms with Crippen LogP contribution in [-0.2, 0) is 7.05 Å². The highest BCUT2D eigenvalue weighted by atomic mass is 16.2. The average Bonchev–Trinajstić information content (AvgIpc) is 3.34. The third kappa shape index (κ3) is 5.54. The number of carbonyl (C=O) groups excluding carboxylic acids is 2. The minimum Gasteiger partial charge on any atom is -0.364 e. The fourth-order valence-electron chi connectivity index (χ4n) is 4.82. The molecule has 2 amide bonds. The Labute approximate surface area is 225 Å². The van der Waals surface area contributed by atoms with E-state index in [1.165, 1.54) is 0 Å². The lowest BCUT2D eigenvalue weighted by atomic mass is 9.96. The smallest absolute Gasteiger partial charge is 0.271 e. The van der Waals surface area contributed by atoms with Crippen molar-refractivity contribution in [3.8, 4) is 11.4 Å². The number of nitrogens with one attached hydrogen (secondary N) is 2. The molecule has 39 heavy (non-hydrogen) atoms. The van der Waals surface area contributed by atoms with Crippen LogP contribution in [0.2, 0.25) is 0 Å². The van der Waals surface area contributed by atoms with Crippen molar-refractivity contribution in [2.75, 3.05) is 16.8 Å². The standard InChI is InChI=1S/C27H30N10O2/c1-16-12-18(25-29-9-5-10-30-25)7-8-20(16)27(39)34-21-6-4-11-37(17(21)2)22-14-31-23(24(28)38)26(35-22)33-19-13-32-36(3)15-19/h5,7-10,12-15,17,21H,4,6,11H2,1-3H3,(H2,28,38)(H,33,35)(H,34,39)/t17-,21-/m1/s1. The van der Waals surface area contributed by atoms with Gasteiger partial charge in [0.15, 0.2) is 17.3 Å². The van der Waals surface area contributed by atoms with Crippen LogP contribution in [0.3, 0.4) is 0 Å². The van der Waals surface area contributed by atoms with E-state index < -0.39 is 5.91 Å². The number of nitrogens with two attached hydrogens (primary N) is 1. The molecule has 4 N–H and O–H groups in total. The average molecular weight is 527 g/mol. The molecular formula is C27H30N10O2. The third-order valence-corrected chi connectivity index (χ3v) is 6.85. The monoisotopic (exact) mass is 526 g/mol. The molecule has 2 atom stereocenters. The molecule has 1 aliphatic rings. The Bertz CT molecular complexity index is 1500. The van der Waals surface area contributed by atoms with Crippen LogP contribution in [0.4, 0.5) is 17.3 Å². The largest absolute Gasteiger partial charge is 0.364 e. The lowest BCUT2D eigenvalue weighted by Crippen LogP contribution is -2.54. The summed E-state index contributed by atoms with van der Waals surface area (Å²) in [6.45, 7) is 4.69. The molecule has 5 rings (SSSR count). The molecule has 4 aromatic rings. The number of rotatable bonds is 7. The lowest BCUT2D eigenvalue weighted by molar-refractivity contribution is 0.0922. The van der Waals surface area contributed by atoms with Crippen molar-refractivity contribution in [3.05, 3.63) is 72.1 Å². The predicted molar refractivity (Wildman–Crippen MR) is 147 cm³/mol. The summed E-state index contributed by atoms with van der Waals surface area (Å²) in [4.78, 5) is 44.9. The van der Waals surface area contributed by atoms with Gasteiger partial charge < -0.3 is 21.3 Å². The summed E-state index contributed by atoms with van der Waals surface area (Å²) in [6.07, 6.45) is 9.99. The van der Waals surface area contributed by atoms with Crippen LogP contribution >= 0.6 is 0 Å². The van der Waals surface area contributed by atoms with Crippen molar-refractivity contribution >= 4 is 29.1 Å². The van der Waals surface area contributed by atoms with E-state index in [0.29, 0.717) is 22.9 Å². The van der Waals surface area contributed by atoms with Crippen LogP contribution in [0.15, 0.2) is 55.2 Å². The van der Waals surface area contributed by atoms with Crippen molar-refractivity contribution in [1.82, 2.24) is 35.0 Å². The molecule has 12 heteroatoms. The zero-order valence-corrected chi connectivity index (χ0v) is 22.0. The van der Waals surface area contributed by atoms with Gasteiger partial charge in [-0.2, -0.15) is 5.10 Å². The van der Waals surface area contributed by atoms with Crippen LogP contribution in [0, 0.1) is 6.92 Å². The van der Waals surface area contributed by atoms with Crippen LogP contribution in [-0.4, -0.2) is 60.2 Å². The number of aromatic nitrogens is 6. The number of hydrogen-bond donors (Lipinski definition) is 3. The van der Waals surface area contributed by atoms with Gasteiger partial charge in [-0.25, -0.2) is 19.9 Å². The van der Waals surface area contributed by atoms with Gasteiger partial charge in [0, 0.05) is 55.4 Å². The third-order valence-electron chi connectivity index (χ3n) is 6.85. The van der Waals surface area contributed by atoms with E-state index in [4.69, 9.17) is 5.73 Å². The zero-order valence-electron chi connectivity index (χ0n) is 22.0. The van der Waals surface area contributed by atoms with Crippen LogP contribution in [0.25, 0.3) is 11.4 Å². The second kappa shape index (κ2) is 10.9. The first-order chi connectivity index (χ1) is 18.8. The molecule has 1 fully saturated rings. The maximum absolute atomic E-state index is 13.3. The van der Waals surface area contributed by atoms with E-state index in [0.717, 1.165) is 30.5 Å². The van der Waals surface area contributed by atoms with Crippen LogP contribution in [0.5, 0.6) is 0 Å². The van der Waals surface area contributed by atoms with E-state index in [2.05, 4.69) is 40.6 Å². The number of benzene rings is 1. The maximum atomic E-state index is 13.3. The second-order valence-corrected chi connectivity index (χ2v) is 9.58. The number of aryl methyl sites for hydroxylation is 2. The van der Waals surface area contributed by atoms with Crippen LogP contribution in [0.1, 0.15) is 46.2 Å². The minimum absolute atomic E-state index is 0.0388. The van der Waals surface area contributed by atoms with Crippen molar-refractivity contribution in [2.24, 2.45) is 12.8 Å². The first-order valence-corrected chi connectivity index (χ1v) is 12.7. The Hall–Kier alpha value is -4.87. The van der Waals surface area contributed by atoms with E-state index in [-0.39, 0.29) is 29.5 Å². The molecule has 3 aromatic heterocycles. The molecule has 0 saturated carbocycles. The molecule has 0 spiro atoms. The molecule has 0 radical (unpaired) electrons. The molecule has 0 unspecified atom stereocenters. The quantitative estimate of drug-likeness (QED) is 0.329. The summed E-state index contributed by atoms with van der Waals surface area (Å²) >= 11 is 0. The fourth-order valence-corrected chi connectivity index (χ4v) is 4.82. The maximum Gasteiger partial charge on any atom is 0.271 e. The van der Waals surface area contributed by atoms with Gasteiger partial charge in [-0.15, -0.1) is 0 Å². The van der Waals surface area contributed by atoms with Crippen molar-refractivity contribution < 1.29 is 9.59 Å². The number of anilines is 3. The zero-order chi connectivity index (χ0) is 27.5. The van der Waals surface area contributed by atoms with Gasteiger partial charge in [0.1, 0.15) is 5.82 Å². The van der Waals surface area contributed by atoms with E-state index in [1.807, 2.05) is 32.0 Å². The Morgan fingerprint density at radius 2 is 1.92 bits per heavy atom. The van der Waals surface area contributed by atoms with Crippen molar-refractivity contribution in [1.29, 1.82) is 0 Å². The number of amides is 2. The molecule has 4 heterocycles. The Kier molecular flexibility index (Phi) is 7.17. The molecular weight excluding hydrogens is 496 g/mol. The molecule has 1 saturated heterocycles. The number of carbonyl (C=O) groups is 2. The lowest BCUT2D eigenvalue weighted by Gasteiger charge is -2.40. The van der Waals surface area contributed by atoms with Crippen LogP contribution < -0.4 is 21.3 Å². The SMILES string of the molecule is Cc1cc(-c2ncccn2)ccc1C(=O)N[C@@H]1CCCN(c2cnc(C(N)=O)c(Nc3cnn(C)c3)n2)[C@@H]1C. The predicted octanol–water partition coefficient (Wildman–Crippen LogP) is 2.61. The molecule has 12 nitrogen and oxygen atoms in total. The van der Waals surface area contributed by atoms with Crippen molar-refractivity contribution in [3.63, 3.8) is 0 Å². The topological polar surface area (TPSA) is 157 Å². The van der Waals surface area contributed by atoms with Gasteiger partial charge in [-0.1, -0.05) is 6.07 Å².